The fraction of sp³-hybridized carbons (Fsp3) is 0.611. The summed E-state index contributed by atoms with van der Waals surface area (Å²) in [7, 11) is 0. The molecule has 2 heterocycles. The monoisotopic (exact) mass is 372 g/mol. The highest BCUT2D eigenvalue weighted by Crippen LogP contribution is 2.36. The Morgan fingerprint density at radius 2 is 1.92 bits per heavy atom. The quantitative estimate of drug-likeness (QED) is 0.861. The lowest BCUT2D eigenvalue weighted by atomic mass is 9.95. The summed E-state index contributed by atoms with van der Waals surface area (Å²) in [6.45, 7) is 2.98. The Bertz CT molecular complexity index is 636. The standard InChI is InChI=1S/C18H23F3N2O3/c1-12(24)11-17(25)23-9-2-3-15-16(23)8-10-22(15)13-4-6-14(7-5-13)26-18(19,20)21/h4-7,15-17,25H,2-3,8-11H2,1H3. The number of alkyl halides is 3. The molecule has 0 saturated carbocycles. The van der Waals surface area contributed by atoms with Crippen LogP contribution in [0.5, 0.6) is 5.75 Å². The van der Waals surface area contributed by atoms with E-state index in [2.05, 4.69) is 9.64 Å². The Morgan fingerprint density at radius 1 is 1.23 bits per heavy atom. The number of anilines is 1. The van der Waals surface area contributed by atoms with Gasteiger partial charge < -0.3 is 14.7 Å². The number of hydrogen-bond acceptors (Lipinski definition) is 5. The Hall–Kier alpha value is -1.80. The van der Waals surface area contributed by atoms with Crippen molar-refractivity contribution < 1.29 is 27.8 Å². The van der Waals surface area contributed by atoms with Gasteiger partial charge in [-0.15, -0.1) is 13.2 Å². The first-order chi connectivity index (χ1) is 12.2. The molecule has 0 aliphatic carbocycles. The van der Waals surface area contributed by atoms with Crippen LogP contribution in [0.15, 0.2) is 24.3 Å². The number of hydrogen-bond donors (Lipinski definition) is 1. The van der Waals surface area contributed by atoms with Gasteiger partial charge in [0.05, 0.1) is 0 Å². The molecule has 8 heteroatoms. The number of halogens is 3. The summed E-state index contributed by atoms with van der Waals surface area (Å²) in [5, 5.41) is 10.4. The zero-order chi connectivity index (χ0) is 18.9. The number of Topliss-reactive ketones (excluding diaryl/α,β-unsaturated/α-hetero) is 1. The maximum Gasteiger partial charge on any atom is 0.573 e. The molecule has 1 N–H and O–H groups in total. The molecule has 2 saturated heterocycles. The van der Waals surface area contributed by atoms with E-state index in [1.807, 2.05) is 4.90 Å². The van der Waals surface area contributed by atoms with Crippen LogP contribution in [0.4, 0.5) is 18.9 Å². The van der Waals surface area contributed by atoms with Gasteiger partial charge >= 0.3 is 6.36 Å². The van der Waals surface area contributed by atoms with Crippen LogP contribution in [-0.4, -0.2) is 53.6 Å². The summed E-state index contributed by atoms with van der Waals surface area (Å²) >= 11 is 0. The first kappa shape index (κ1) is 19.0. The number of likely N-dealkylation sites (tertiary alicyclic amines) is 1. The van der Waals surface area contributed by atoms with Crippen LogP contribution in [0, 0.1) is 0 Å². The maximum atomic E-state index is 12.3. The summed E-state index contributed by atoms with van der Waals surface area (Å²) in [6.07, 6.45) is -2.65. The van der Waals surface area contributed by atoms with E-state index >= 15 is 0 Å². The fourth-order valence-corrected chi connectivity index (χ4v) is 4.13. The van der Waals surface area contributed by atoms with Gasteiger partial charge in [-0.05, 0) is 50.5 Å². The van der Waals surface area contributed by atoms with Crippen LogP contribution in [0.1, 0.15) is 32.6 Å². The molecule has 2 aliphatic heterocycles. The number of rotatable bonds is 5. The van der Waals surface area contributed by atoms with E-state index in [9.17, 15) is 23.1 Å². The minimum Gasteiger partial charge on any atom is -0.406 e. The second-order valence-corrected chi connectivity index (χ2v) is 6.93. The molecule has 3 rings (SSSR count). The van der Waals surface area contributed by atoms with Gasteiger partial charge in [0.1, 0.15) is 17.8 Å². The van der Waals surface area contributed by atoms with Crippen molar-refractivity contribution in [2.45, 2.75) is 57.3 Å². The number of ether oxygens (including phenoxy) is 1. The largest absolute Gasteiger partial charge is 0.573 e. The van der Waals surface area contributed by atoms with Crippen LogP contribution < -0.4 is 9.64 Å². The number of aliphatic hydroxyl groups is 1. The van der Waals surface area contributed by atoms with Gasteiger partial charge in [-0.2, -0.15) is 0 Å². The van der Waals surface area contributed by atoms with Crippen molar-refractivity contribution in [1.29, 1.82) is 0 Å². The average molecular weight is 372 g/mol. The number of carbonyl (C=O) groups excluding carboxylic acids is 1. The van der Waals surface area contributed by atoms with Crippen molar-refractivity contribution in [1.82, 2.24) is 4.90 Å². The van der Waals surface area contributed by atoms with E-state index < -0.39 is 12.6 Å². The Morgan fingerprint density at radius 3 is 2.54 bits per heavy atom. The molecule has 3 atom stereocenters. The molecule has 144 valence electrons. The molecule has 0 aromatic heterocycles. The van der Waals surface area contributed by atoms with Crippen molar-refractivity contribution in [2.75, 3.05) is 18.0 Å². The van der Waals surface area contributed by atoms with Gasteiger partial charge in [-0.3, -0.25) is 9.69 Å². The van der Waals surface area contributed by atoms with Gasteiger partial charge in [0.25, 0.3) is 0 Å². The van der Waals surface area contributed by atoms with E-state index in [1.165, 1.54) is 19.1 Å². The van der Waals surface area contributed by atoms with Crippen molar-refractivity contribution in [2.24, 2.45) is 0 Å². The van der Waals surface area contributed by atoms with Gasteiger partial charge in [0, 0.05) is 37.3 Å². The highest BCUT2D eigenvalue weighted by atomic mass is 19.4. The Kier molecular flexibility index (Phi) is 5.43. The summed E-state index contributed by atoms with van der Waals surface area (Å²) < 4.78 is 40.8. The highest BCUT2D eigenvalue weighted by Gasteiger charge is 2.42. The molecule has 1 aromatic rings. The molecular weight excluding hydrogens is 349 g/mol. The van der Waals surface area contributed by atoms with Crippen LogP contribution in [0.25, 0.3) is 0 Å². The third kappa shape index (κ3) is 4.29. The predicted molar refractivity (Wildman–Crippen MR) is 89.9 cm³/mol. The number of nitrogens with zero attached hydrogens (tertiary/aromatic N) is 2. The second kappa shape index (κ2) is 7.44. The fourth-order valence-electron chi connectivity index (χ4n) is 4.13. The third-order valence-electron chi connectivity index (χ3n) is 5.11. The van der Waals surface area contributed by atoms with E-state index in [0.717, 1.165) is 38.0 Å². The zero-order valence-corrected chi connectivity index (χ0v) is 14.6. The Balaban J connectivity index is 1.70. The first-order valence-electron chi connectivity index (χ1n) is 8.80. The molecule has 26 heavy (non-hydrogen) atoms. The van der Waals surface area contributed by atoms with Gasteiger partial charge in [0.15, 0.2) is 0 Å². The van der Waals surface area contributed by atoms with Crippen molar-refractivity contribution >= 4 is 11.5 Å². The first-order valence-corrected chi connectivity index (χ1v) is 8.80. The molecule has 0 spiro atoms. The number of fused-ring (bicyclic) bond motifs is 1. The minimum atomic E-state index is -4.70. The second-order valence-electron chi connectivity index (χ2n) is 6.93. The van der Waals surface area contributed by atoms with Crippen LogP contribution in [-0.2, 0) is 4.79 Å². The molecule has 3 unspecified atom stereocenters. The summed E-state index contributed by atoms with van der Waals surface area (Å²) in [5.41, 5.74) is 0.843. The number of benzene rings is 1. The van der Waals surface area contributed by atoms with E-state index in [0.29, 0.717) is 0 Å². The predicted octanol–water partition coefficient (Wildman–Crippen LogP) is 2.93. The topological polar surface area (TPSA) is 53.0 Å². The number of piperidine rings is 1. The van der Waals surface area contributed by atoms with Crippen molar-refractivity contribution in [3.8, 4) is 5.75 Å². The molecule has 0 bridgehead atoms. The van der Waals surface area contributed by atoms with Gasteiger partial charge in [0.2, 0.25) is 0 Å². The lowest BCUT2D eigenvalue weighted by molar-refractivity contribution is -0.274. The molecule has 0 amide bonds. The molecule has 2 fully saturated rings. The minimum absolute atomic E-state index is 0.0465. The van der Waals surface area contributed by atoms with Gasteiger partial charge in [-0.25, -0.2) is 0 Å². The summed E-state index contributed by atoms with van der Waals surface area (Å²) in [6, 6.07) is 6.23. The number of aliphatic hydroxyl groups excluding tert-OH is 1. The van der Waals surface area contributed by atoms with Crippen molar-refractivity contribution in [3.63, 3.8) is 0 Å². The maximum absolute atomic E-state index is 12.3. The SMILES string of the molecule is CC(=O)CC(O)N1CCCC2C1CCN2c1ccc(OC(F)(F)F)cc1. The summed E-state index contributed by atoms with van der Waals surface area (Å²) in [4.78, 5) is 15.5. The van der Waals surface area contributed by atoms with Crippen molar-refractivity contribution in [3.05, 3.63) is 24.3 Å². The summed E-state index contributed by atoms with van der Waals surface area (Å²) in [5.74, 6) is -0.283. The van der Waals surface area contributed by atoms with E-state index in [-0.39, 0.29) is 30.0 Å². The van der Waals surface area contributed by atoms with Crippen LogP contribution >= 0.6 is 0 Å². The smallest absolute Gasteiger partial charge is 0.406 e. The highest BCUT2D eigenvalue weighted by molar-refractivity contribution is 5.75. The normalized spacial score (nSPS) is 25.0. The number of carbonyl (C=O) groups is 1. The molecule has 1 aromatic carbocycles. The van der Waals surface area contributed by atoms with E-state index in [1.54, 1.807) is 12.1 Å². The van der Waals surface area contributed by atoms with Gasteiger partial charge in [-0.1, -0.05) is 0 Å². The third-order valence-corrected chi connectivity index (χ3v) is 5.11. The molecule has 0 radical (unpaired) electrons. The van der Waals surface area contributed by atoms with Crippen LogP contribution in [0.3, 0.4) is 0 Å². The lowest BCUT2D eigenvalue weighted by Crippen LogP contribution is -2.53. The Labute approximate surface area is 150 Å². The zero-order valence-electron chi connectivity index (χ0n) is 14.6. The molecule has 2 aliphatic rings. The average Bonchev–Trinajstić information content (AvgIpc) is 2.97. The van der Waals surface area contributed by atoms with E-state index in [4.69, 9.17) is 0 Å². The van der Waals surface area contributed by atoms with Crippen LogP contribution in [0.2, 0.25) is 0 Å². The lowest BCUT2D eigenvalue weighted by Gasteiger charge is -2.42. The molecular formula is C18H23F3N2O3. The number of ketones is 1. The molecule has 5 nitrogen and oxygen atoms in total.